The minimum Gasteiger partial charge on any atom is -0.450 e. The average Bonchev–Trinajstić information content (AvgIpc) is 3.01. The van der Waals surface area contributed by atoms with Crippen LogP contribution >= 0.6 is 0 Å². The van der Waals surface area contributed by atoms with Crippen LogP contribution in [0.1, 0.15) is 31.2 Å². The van der Waals surface area contributed by atoms with E-state index < -0.39 is 0 Å². The van der Waals surface area contributed by atoms with Gasteiger partial charge in [-0.1, -0.05) is 12.1 Å². The molecule has 0 saturated carbocycles. The fraction of sp³-hybridized carbons (Fsp3) is 0.450. The molecule has 0 radical (unpaired) electrons. The summed E-state index contributed by atoms with van der Waals surface area (Å²) in [7, 11) is 0. The summed E-state index contributed by atoms with van der Waals surface area (Å²) in [6.45, 7) is 7.23. The Morgan fingerprint density at radius 3 is 2.57 bits per heavy atom. The first-order chi connectivity index (χ1) is 13.5. The minimum absolute atomic E-state index is 0.0199. The number of ether oxygens (including phenoxy) is 1. The Bertz CT molecular complexity index is 840. The van der Waals surface area contributed by atoms with Crippen LogP contribution in [0.15, 0.2) is 30.3 Å². The van der Waals surface area contributed by atoms with E-state index in [2.05, 4.69) is 15.7 Å². The summed E-state index contributed by atoms with van der Waals surface area (Å²) in [4.78, 5) is 26.0. The molecule has 1 aromatic carbocycles. The molecule has 150 valence electrons. The smallest absolute Gasteiger partial charge is 0.409 e. The maximum atomic E-state index is 12.5. The summed E-state index contributed by atoms with van der Waals surface area (Å²) in [6.07, 6.45) is 1.11. The van der Waals surface area contributed by atoms with Gasteiger partial charge in [0.25, 0.3) is 0 Å². The largest absolute Gasteiger partial charge is 0.450 e. The first-order valence-corrected chi connectivity index (χ1v) is 9.59. The molecule has 1 aliphatic heterocycles. The van der Waals surface area contributed by atoms with Gasteiger partial charge in [0.2, 0.25) is 0 Å². The van der Waals surface area contributed by atoms with Crippen molar-refractivity contribution in [3.8, 4) is 5.69 Å². The van der Waals surface area contributed by atoms with Crippen molar-refractivity contribution in [2.24, 2.45) is 0 Å². The third-order valence-corrected chi connectivity index (χ3v) is 4.75. The van der Waals surface area contributed by atoms with Gasteiger partial charge in [0.15, 0.2) is 0 Å². The second-order valence-electron chi connectivity index (χ2n) is 6.91. The van der Waals surface area contributed by atoms with Crippen molar-refractivity contribution in [1.82, 2.24) is 20.0 Å². The highest BCUT2D eigenvalue weighted by Crippen LogP contribution is 2.21. The maximum Gasteiger partial charge on any atom is 0.409 e. The summed E-state index contributed by atoms with van der Waals surface area (Å²) < 4.78 is 6.84. The molecule has 1 aromatic heterocycles. The number of nitrogens with one attached hydrogen (secondary N) is 2. The van der Waals surface area contributed by atoms with Crippen LogP contribution < -0.4 is 10.6 Å². The van der Waals surface area contributed by atoms with Crippen LogP contribution in [0.5, 0.6) is 0 Å². The van der Waals surface area contributed by atoms with Crippen molar-refractivity contribution in [3.05, 3.63) is 41.7 Å². The highest BCUT2D eigenvalue weighted by molar-refractivity contribution is 5.91. The van der Waals surface area contributed by atoms with Crippen LogP contribution in [0.2, 0.25) is 0 Å². The van der Waals surface area contributed by atoms with Crippen molar-refractivity contribution >= 4 is 17.8 Å². The van der Waals surface area contributed by atoms with Crippen LogP contribution in [0.3, 0.4) is 0 Å². The third-order valence-electron chi connectivity index (χ3n) is 4.75. The van der Waals surface area contributed by atoms with E-state index in [4.69, 9.17) is 4.74 Å². The van der Waals surface area contributed by atoms with E-state index in [0.29, 0.717) is 38.2 Å². The summed E-state index contributed by atoms with van der Waals surface area (Å²) >= 11 is 0. The van der Waals surface area contributed by atoms with Gasteiger partial charge in [-0.3, -0.25) is 0 Å². The molecule has 2 aromatic rings. The fourth-order valence-corrected chi connectivity index (χ4v) is 3.40. The first kappa shape index (κ1) is 19.7. The van der Waals surface area contributed by atoms with E-state index in [9.17, 15) is 9.59 Å². The van der Waals surface area contributed by atoms with Crippen LogP contribution in [-0.4, -0.2) is 52.5 Å². The van der Waals surface area contributed by atoms with Gasteiger partial charge in [-0.25, -0.2) is 14.3 Å². The number of hydrogen-bond donors (Lipinski definition) is 2. The molecule has 2 heterocycles. The molecule has 1 fully saturated rings. The summed E-state index contributed by atoms with van der Waals surface area (Å²) in [5, 5.41) is 10.4. The summed E-state index contributed by atoms with van der Waals surface area (Å²) in [6, 6.07) is 9.33. The summed E-state index contributed by atoms with van der Waals surface area (Å²) in [5.74, 6) is 0. The average molecular weight is 385 g/mol. The second kappa shape index (κ2) is 8.77. The van der Waals surface area contributed by atoms with E-state index in [1.807, 2.05) is 48.9 Å². The van der Waals surface area contributed by atoms with E-state index in [1.54, 1.807) is 11.8 Å². The Morgan fingerprint density at radius 1 is 1.21 bits per heavy atom. The number of urea groups is 1. The molecule has 2 N–H and O–H groups in total. The molecule has 0 bridgehead atoms. The molecule has 1 aliphatic rings. The topological polar surface area (TPSA) is 88.5 Å². The van der Waals surface area contributed by atoms with Gasteiger partial charge in [0, 0.05) is 24.8 Å². The molecule has 8 nitrogen and oxygen atoms in total. The van der Waals surface area contributed by atoms with E-state index >= 15 is 0 Å². The lowest BCUT2D eigenvalue weighted by Gasteiger charge is -2.31. The molecule has 0 atom stereocenters. The number of hydrogen-bond acceptors (Lipinski definition) is 4. The molecule has 3 rings (SSSR count). The first-order valence-electron chi connectivity index (χ1n) is 9.59. The zero-order valence-electron chi connectivity index (χ0n) is 16.6. The fourth-order valence-electron chi connectivity index (χ4n) is 3.40. The van der Waals surface area contributed by atoms with Gasteiger partial charge in [-0.05, 0) is 51.8 Å². The molecule has 8 heteroatoms. The van der Waals surface area contributed by atoms with E-state index in [1.165, 1.54) is 0 Å². The van der Waals surface area contributed by atoms with Crippen LogP contribution in [-0.2, 0) is 4.74 Å². The molecule has 0 aliphatic carbocycles. The number of anilines is 1. The number of aryl methyl sites for hydroxylation is 2. The van der Waals surface area contributed by atoms with E-state index in [0.717, 1.165) is 17.1 Å². The van der Waals surface area contributed by atoms with Crippen molar-refractivity contribution < 1.29 is 14.3 Å². The van der Waals surface area contributed by atoms with E-state index in [-0.39, 0.29) is 18.2 Å². The van der Waals surface area contributed by atoms with Crippen LogP contribution in [0.25, 0.3) is 5.69 Å². The predicted molar refractivity (Wildman–Crippen MR) is 107 cm³/mol. The molecule has 3 amide bonds. The number of piperidine rings is 1. The number of aromatic nitrogens is 2. The van der Waals surface area contributed by atoms with Crippen LogP contribution in [0, 0.1) is 13.8 Å². The molecule has 1 saturated heterocycles. The highest BCUT2D eigenvalue weighted by atomic mass is 16.6. The quantitative estimate of drug-likeness (QED) is 0.846. The number of carbonyl (C=O) groups is 2. The van der Waals surface area contributed by atoms with Gasteiger partial charge < -0.3 is 20.3 Å². The number of likely N-dealkylation sites (tertiary alicyclic amines) is 1. The molecule has 0 spiro atoms. The van der Waals surface area contributed by atoms with Gasteiger partial charge >= 0.3 is 12.1 Å². The van der Waals surface area contributed by atoms with Crippen molar-refractivity contribution in [1.29, 1.82) is 0 Å². The summed E-state index contributed by atoms with van der Waals surface area (Å²) in [5.41, 5.74) is 3.43. The zero-order valence-corrected chi connectivity index (χ0v) is 16.6. The van der Waals surface area contributed by atoms with Crippen LogP contribution in [0.4, 0.5) is 15.3 Å². The monoisotopic (exact) mass is 385 g/mol. The molecule has 28 heavy (non-hydrogen) atoms. The molecule has 0 unspecified atom stereocenters. The number of carbonyl (C=O) groups excluding carboxylic acids is 2. The van der Waals surface area contributed by atoms with Crippen molar-refractivity contribution in [2.45, 2.75) is 39.7 Å². The third kappa shape index (κ3) is 4.62. The lowest BCUT2D eigenvalue weighted by atomic mass is 10.1. The Labute approximate surface area is 164 Å². The second-order valence-corrected chi connectivity index (χ2v) is 6.91. The zero-order chi connectivity index (χ0) is 20.1. The lowest BCUT2D eigenvalue weighted by Crippen LogP contribution is -2.47. The number of nitrogens with zero attached hydrogens (tertiary/aromatic N) is 3. The van der Waals surface area contributed by atoms with Gasteiger partial charge in [-0.15, -0.1) is 0 Å². The van der Waals surface area contributed by atoms with Gasteiger partial charge in [-0.2, -0.15) is 5.10 Å². The highest BCUT2D eigenvalue weighted by Gasteiger charge is 2.24. The lowest BCUT2D eigenvalue weighted by molar-refractivity contribution is 0.0959. The Morgan fingerprint density at radius 2 is 1.93 bits per heavy atom. The Balaban J connectivity index is 1.59. The van der Waals surface area contributed by atoms with Crippen molar-refractivity contribution in [3.63, 3.8) is 0 Å². The van der Waals surface area contributed by atoms with Gasteiger partial charge in [0.1, 0.15) is 0 Å². The minimum atomic E-state index is -0.288. The Hall–Kier alpha value is -3.03. The predicted octanol–water partition coefficient (Wildman–Crippen LogP) is 3.23. The Kier molecular flexibility index (Phi) is 6.18. The number of amides is 3. The normalized spacial score (nSPS) is 14.6. The van der Waals surface area contributed by atoms with Gasteiger partial charge in [0.05, 0.1) is 23.7 Å². The number of benzene rings is 1. The molecular weight excluding hydrogens is 358 g/mol. The number of rotatable bonds is 4. The maximum absolute atomic E-state index is 12.5. The number of para-hydroxylation sites is 2. The standard InChI is InChI=1S/C20H27N5O3/c1-4-28-20(27)24-11-9-16(10-12-24)21-19(26)22-17-7-5-6-8-18(17)25-15(3)13-14(2)23-25/h5-8,13,16H,4,9-12H2,1-3H3,(H2,21,22,26). The SMILES string of the molecule is CCOC(=O)N1CCC(NC(=O)Nc2ccccc2-n2nc(C)cc2C)CC1. The van der Waals surface area contributed by atoms with Crippen molar-refractivity contribution in [2.75, 3.05) is 25.0 Å². The molecular formula is C20H27N5O3.